The summed E-state index contributed by atoms with van der Waals surface area (Å²) in [5.74, 6) is 1.35. The Labute approximate surface area is 206 Å². The Hall–Kier alpha value is -3.46. The number of nitrogens with one attached hydrogen (secondary N) is 1. The lowest BCUT2D eigenvalue weighted by Gasteiger charge is -2.37. The zero-order valence-corrected chi connectivity index (χ0v) is 20.4. The summed E-state index contributed by atoms with van der Waals surface area (Å²) in [5, 5.41) is 3.23. The van der Waals surface area contributed by atoms with Crippen LogP contribution in [0.15, 0.2) is 48.5 Å². The Bertz CT molecular complexity index is 988. The number of nitrogens with zero attached hydrogens (tertiary/aromatic N) is 3. The highest BCUT2D eigenvalue weighted by atomic mass is 16.6. The highest BCUT2D eigenvalue weighted by Crippen LogP contribution is 2.32. The zero-order valence-electron chi connectivity index (χ0n) is 20.4. The minimum atomic E-state index is -0.616. The van der Waals surface area contributed by atoms with Gasteiger partial charge < -0.3 is 34.2 Å². The predicted molar refractivity (Wildman–Crippen MR) is 133 cm³/mol. The molecule has 2 heterocycles. The fourth-order valence-corrected chi connectivity index (χ4v) is 4.46. The van der Waals surface area contributed by atoms with E-state index < -0.39 is 6.10 Å². The molecule has 2 aromatic rings. The van der Waals surface area contributed by atoms with Gasteiger partial charge in [-0.05, 0) is 17.7 Å². The summed E-state index contributed by atoms with van der Waals surface area (Å²) in [7, 11) is 3.24. The average Bonchev–Trinajstić information content (AvgIpc) is 2.93. The highest BCUT2D eigenvalue weighted by molar-refractivity contribution is 5.78. The summed E-state index contributed by atoms with van der Waals surface area (Å²) >= 11 is 0. The maximum absolute atomic E-state index is 13.2. The lowest BCUT2D eigenvalue weighted by atomic mass is 10.1. The topological polar surface area (TPSA) is 83.6 Å². The molecule has 0 aliphatic carbocycles. The number of ether oxygens (including phenoxy) is 3. The number of anilines is 1. The molecule has 9 heteroatoms. The van der Waals surface area contributed by atoms with Gasteiger partial charge in [0.1, 0.15) is 6.10 Å². The minimum absolute atomic E-state index is 0.0149. The molecule has 2 saturated heterocycles. The molecule has 35 heavy (non-hydrogen) atoms. The number of carbonyl (C=O) groups excluding carboxylic acids is 2. The SMILES string of the molecule is COc1ccc(N2CCN(C(=O)C[C@@H](OC(=O)N3CCNCC3)c3ccccc3)CC2)cc1OC. The van der Waals surface area contributed by atoms with Crippen molar-refractivity contribution in [1.82, 2.24) is 15.1 Å². The summed E-state index contributed by atoms with van der Waals surface area (Å²) in [5.41, 5.74) is 1.86. The maximum Gasteiger partial charge on any atom is 0.410 e. The molecule has 2 aromatic carbocycles. The number of hydrogen-bond donors (Lipinski definition) is 1. The molecule has 1 N–H and O–H groups in total. The maximum atomic E-state index is 13.2. The van der Waals surface area contributed by atoms with Crippen LogP contribution in [0.2, 0.25) is 0 Å². The van der Waals surface area contributed by atoms with E-state index in [9.17, 15) is 9.59 Å². The molecule has 2 aliphatic rings. The van der Waals surface area contributed by atoms with E-state index >= 15 is 0 Å². The smallest absolute Gasteiger partial charge is 0.410 e. The van der Waals surface area contributed by atoms with Crippen molar-refractivity contribution in [2.24, 2.45) is 0 Å². The van der Waals surface area contributed by atoms with Crippen molar-refractivity contribution in [3.63, 3.8) is 0 Å². The van der Waals surface area contributed by atoms with Crippen LogP contribution in [0.3, 0.4) is 0 Å². The number of rotatable bonds is 7. The lowest BCUT2D eigenvalue weighted by Crippen LogP contribution is -2.49. The van der Waals surface area contributed by atoms with Gasteiger partial charge in [-0.15, -0.1) is 0 Å². The van der Waals surface area contributed by atoms with Crippen LogP contribution in [0.1, 0.15) is 18.1 Å². The molecule has 0 unspecified atom stereocenters. The normalized spacial score (nSPS) is 17.0. The second-order valence-electron chi connectivity index (χ2n) is 8.63. The molecule has 2 aliphatic heterocycles. The second kappa shape index (κ2) is 11.8. The van der Waals surface area contributed by atoms with Gasteiger partial charge in [0, 0.05) is 64.1 Å². The van der Waals surface area contributed by atoms with Crippen molar-refractivity contribution < 1.29 is 23.8 Å². The number of carbonyl (C=O) groups is 2. The minimum Gasteiger partial charge on any atom is -0.493 e. The van der Waals surface area contributed by atoms with Crippen molar-refractivity contribution in [3.05, 3.63) is 54.1 Å². The van der Waals surface area contributed by atoms with E-state index in [-0.39, 0.29) is 18.4 Å². The molecule has 188 valence electrons. The van der Waals surface area contributed by atoms with Crippen molar-refractivity contribution in [2.75, 3.05) is 71.5 Å². The third kappa shape index (κ3) is 6.16. The third-order valence-electron chi connectivity index (χ3n) is 6.51. The molecule has 4 rings (SSSR count). The van der Waals surface area contributed by atoms with Gasteiger partial charge in [0.15, 0.2) is 11.5 Å². The van der Waals surface area contributed by atoms with Gasteiger partial charge in [-0.3, -0.25) is 4.79 Å². The van der Waals surface area contributed by atoms with E-state index in [1.165, 1.54) is 0 Å². The van der Waals surface area contributed by atoms with Gasteiger partial charge in [-0.1, -0.05) is 30.3 Å². The molecule has 2 fully saturated rings. The Morgan fingerprint density at radius 2 is 1.54 bits per heavy atom. The standard InChI is InChI=1S/C26H34N4O5/c1-33-22-9-8-21(18-24(22)34-2)28-14-16-29(17-15-28)25(31)19-23(20-6-4-3-5-7-20)35-26(32)30-12-10-27-11-13-30/h3-9,18,23,27H,10-17,19H2,1-2H3/t23-/m1/s1. The van der Waals surface area contributed by atoms with Crippen LogP contribution in [-0.4, -0.2) is 88.4 Å². The summed E-state index contributed by atoms with van der Waals surface area (Å²) in [6, 6.07) is 15.4. The molecule has 0 radical (unpaired) electrons. The van der Waals surface area contributed by atoms with Crippen molar-refractivity contribution in [2.45, 2.75) is 12.5 Å². The Kier molecular flexibility index (Phi) is 8.31. The Morgan fingerprint density at radius 3 is 2.20 bits per heavy atom. The fraction of sp³-hybridized carbons (Fsp3) is 0.462. The molecule has 0 saturated carbocycles. The van der Waals surface area contributed by atoms with E-state index in [0.717, 1.165) is 24.3 Å². The Balaban J connectivity index is 1.37. The van der Waals surface area contributed by atoms with E-state index in [2.05, 4.69) is 10.2 Å². The molecule has 2 amide bonds. The first-order valence-corrected chi connectivity index (χ1v) is 12.0. The van der Waals surface area contributed by atoms with Gasteiger partial charge in [0.25, 0.3) is 0 Å². The van der Waals surface area contributed by atoms with Crippen molar-refractivity contribution >= 4 is 17.7 Å². The van der Waals surface area contributed by atoms with Gasteiger partial charge in [-0.2, -0.15) is 0 Å². The highest BCUT2D eigenvalue weighted by Gasteiger charge is 2.28. The van der Waals surface area contributed by atoms with Crippen LogP contribution in [0.4, 0.5) is 10.5 Å². The molecule has 9 nitrogen and oxygen atoms in total. The van der Waals surface area contributed by atoms with Gasteiger partial charge >= 0.3 is 6.09 Å². The molecular formula is C26H34N4O5. The Morgan fingerprint density at radius 1 is 0.857 bits per heavy atom. The summed E-state index contributed by atoms with van der Waals surface area (Å²) in [4.78, 5) is 31.8. The van der Waals surface area contributed by atoms with Crippen LogP contribution >= 0.6 is 0 Å². The van der Waals surface area contributed by atoms with Gasteiger partial charge in [0.2, 0.25) is 5.91 Å². The van der Waals surface area contributed by atoms with Crippen LogP contribution in [0.5, 0.6) is 11.5 Å². The molecule has 0 bridgehead atoms. The molecule has 0 aromatic heterocycles. The summed E-state index contributed by atoms with van der Waals surface area (Å²) in [6.07, 6.45) is -0.862. The van der Waals surface area contributed by atoms with E-state index in [1.807, 2.05) is 53.4 Å². The van der Waals surface area contributed by atoms with E-state index in [4.69, 9.17) is 14.2 Å². The van der Waals surface area contributed by atoms with E-state index in [0.29, 0.717) is 50.8 Å². The largest absolute Gasteiger partial charge is 0.493 e. The van der Waals surface area contributed by atoms with Gasteiger partial charge in [0.05, 0.1) is 20.6 Å². The first-order chi connectivity index (χ1) is 17.1. The number of piperazine rings is 2. The monoisotopic (exact) mass is 482 g/mol. The van der Waals surface area contributed by atoms with Crippen LogP contribution in [0, 0.1) is 0 Å². The summed E-state index contributed by atoms with van der Waals surface area (Å²) in [6.45, 7) is 5.30. The first-order valence-electron chi connectivity index (χ1n) is 12.0. The number of methoxy groups -OCH3 is 2. The third-order valence-corrected chi connectivity index (χ3v) is 6.51. The summed E-state index contributed by atoms with van der Waals surface area (Å²) < 4.78 is 16.6. The molecule has 0 spiro atoms. The first kappa shape index (κ1) is 24.7. The van der Waals surface area contributed by atoms with Crippen molar-refractivity contribution in [3.8, 4) is 11.5 Å². The average molecular weight is 483 g/mol. The van der Waals surface area contributed by atoms with Crippen LogP contribution in [0.25, 0.3) is 0 Å². The number of benzene rings is 2. The number of hydrogen-bond acceptors (Lipinski definition) is 7. The fourth-order valence-electron chi connectivity index (χ4n) is 4.46. The van der Waals surface area contributed by atoms with Crippen LogP contribution < -0.4 is 19.7 Å². The van der Waals surface area contributed by atoms with Gasteiger partial charge in [-0.25, -0.2) is 4.79 Å². The zero-order chi connectivity index (χ0) is 24.6. The van der Waals surface area contributed by atoms with E-state index in [1.54, 1.807) is 19.1 Å². The van der Waals surface area contributed by atoms with Crippen molar-refractivity contribution in [1.29, 1.82) is 0 Å². The quantitative estimate of drug-likeness (QED) is 0.649. The molecular weight excluding hydrogens is 448 g/mol. The number of amides is 2. The van der Waals surface area contributed by atoms with Crippen LogP contribution in [-0.2, 0) is 9.53 Å². The predicted octanol–water partition coefficient (Wildman–Crippen LogP) is 2.53. The second-order valence-corrected chi connectivity index (χ2v) is 8.63. The lowest BCUT2D eigenvalue weighted by molar-refractivity contribution is -0.133. The molecule has 1 atom stereocenters.